The van der Waals surface area contributed by atoms with Gasteiger partial charge in [0.25, 0.3) is 15.6 Å². The number of likely N-dealkylation sites (tertiary alicyclic amines) is 1. The average molecular weight is 471 g/mol. The van der Waals surface area contributed by atoms with Crippen LogP contribution in [0.1, 0.15) is 25.7 Å². The minimum absolute atomic E-state index is 0.0525. The van der Waals surface area contributed by atoms with Gasteiger partial charge in [-0.3, -0.25) is 23.4 Å². The van der Waals surface area contributed by atoms with E-state index in [-0.39, 0.29) is 22.7 Å². The summed E-state index contributed by atoms with van der Waals surface area (Å²) in [6.07, 6.45) is 3.89. The lowest BCUT2D eigenvalue weighted by Gasteiger charge is -2.21. The van der Waals surface area contributed by atoms with Gasteiger partial charge in [0.2, 0.25) is 5.91 Å². The van der Waals surface area contributed by atoms with Crippen molar-refractivity contribution in [3.63, 3.8) is 0 Å². The number of para-hydroxylation sites is 1. The first kappa shape index (κ1) is 22.8. The standard InChI is InChI=1S/C23H26N4O5S/c1-25-20-12-11-18(33(31,32)24-17-9-5-4-6-10-17)15-19(20)22(29)27(23(25)30)16-21(28)26-13-7-2-3-8-14-26/h4-6,9-12,15,24H,2-3,7-8,13-14,16H2,1H3. The summed E-state index contributed by atoms with van der Waals surface area (Å²) < 4.78 is 30.3. The number of sulfonamides is 1. The topological polar surface area (TPSA) is 110 Å². The van der Waals surface area contributed by atoms with E-state index in [9.17, 15) is 22.8 Å². The molecule has 2 heterocycles. The van der Waals surface area contributed by atoms with Crippen LogP contribution >= 0.6 is 0 Å². The van der Waals surface area contributed by atoms with Crippen LogP contribution in [0, 0.1) is 0 Å². The minimum Gasteiger partial charge on any atom is -0.341 e. The largest absolute Gasteiger partial charge is 0.341 e. The zero-order chi connectivity index (χ0) is 23.6. The summed E-state index contributed by atoms with van der Waals surface area (Å²) >= 11 is 0. The first-order valence-electron chi connectivity index (χ1n) is 10.9. The minimum atomic E-state index is -3.96. The molecule has 174 valence electrons. The van der Waals surface area contributed by atoms with Crippen LogP contribution in [0.25, 0.3) is 10.9 Å². The number of nitrogens with one attached hydrogen (secondary N) is 1. The molecule has 0 aliphatic carbocycles. The van der Waals surface area contributed by atoms with Gasteiger partial charge in [0.15, 0.2) is 0 Å². The lowest BCUT2D eigenvalue weighted by Crippen LogP contribution is -2.44. The Morgan fingerprint density at radius 3 is 2.30 bits per heavy atom. The number of nitrogens with zero attached hydrogens (tertiary/aromatic N) is 3. The van der Waals surface area contributed by atoms with Crippen molar-refractivity contribution in [1.82, 2.24) is 14.0 Å². The van der Waals surface area contributed by atoms with Gasteiger partial charge in [-0.15, -0.1) is 0 Å². The first-order valence-corrected chi connectivity index (χ1v) is 12.4. The van der Waals surface area contributed by atoms with Crippen LogP contribution in [-0.2, 0) is 28.4 Å². The Morgan fingerprint density at radius 2 is 1.64 bits per heavy atom. The maximum Gasteiger partial charge on any atom is 0.331 e. The third-order valence-corrected chi connectivity index (χ3v) is 7.29. The van der Waals surface area contributed by atoms with Crippen molar-refractivity contribution in [2.75, 3.05) is 17.8 Å². The van der Waals surface area contributed by atoms with Crippen LogP contribution in [0.5, 0.6) is 0 Å². The second-order valence-corrected chi connectivity index (χ2v) is 9.86. The molecule has 1 saturated heterocycles. The van der Waals surface area contributed by atoms with Crippen LogP contribution in [0.15, 0.2) is 63.0 Å². The fraction of sp³-hybridized carbons (Fsp3) is 0.348. The number of amides is 1. The molecule has 0 bridgehead atoms. The van der Waals surface area contributed by atoms with Crippen molar-refractivity contribution >= 4 is 32.5 Å². The predicted molar refractivity (Wildman–Crippen MR) is 126 cm³/mol. The lowest BCUT2D eigenvalue weighted by atomic mass is 10.2. The zero-order valence-electron chi connectivity index (χ0n) is 18.4. The molecule has 0 atom stereocenters. The Balaban J connectivity index is 1.73. The van der Waals surface area contributed by atoms with Gasteiger partial charge in [-0.2, -0.15) is 0 Å². The lowest BCUT2D eigenvalue weighted by molar-refractivity contribution is -0.131. The van der Waals surface area contributed by atoms with E-state index in [0.717, 1.165) is 30.3 Å². The van der Waals surface area contributed by atoms with E-state index in [1.54, 1.807) is 35.2 Å². The van der Waals surface area contributed by atoms with Gasteiger partial charge in [-0.05, 0) is 43.2 Å². The highest BCUT2D eigenvalue weighted by molar-refractivity contribution is 7.92. The average Bonchev–Trinajstić information content (AvgIpc) is 3.10. The molecule has 1 amide bonds. The number of hydrogen-bond acceptors (Lipinski definition) is 5. The maximum absolute atomic E-state index is 13.2. The molecule has 3 aromatic rings. The Hall–Kier alpha value is -3.40. The normalized spacial score (nSPS) is 14.8. The van der Waals surface area contributed by atoms with Gasteiger partial charge in [0, 0.05) is 25.8 Å². The van der Waals surface area contributed by atoms with E-state index in [2.05, 4.69) is 4.72 Å². The van der Waals surface area contributed by atoms with E-state index in [4.69, 9.17) is 0 Å². The monoisotopic (exact) mass is 470 g/mol. The van der Waals surface area contributed by atoms with E-state index in [0.29, 0.717) is 24.3 Å². The summed E-state index contributed by atoms with van der Waals surface area (Å²) in [6.45, 7) is 0.838. The molecule has 0 spiro atoms. The van der Waals surface area contributed by atoms with Gasteiger partial charge in [-0.25, -0.2) is 13.2 Å². The smallest absolute Gasteiger partial charge is 0.331 e. The quantitative estimate of drug-likeness (QED) is 0.612. The van der Waals surface area contributed by atoms with Gasteiger partial charge in [-0.1, -0.05) is 31.0 Å². The molecule has 0 radical (unpaired) electrons. The molecular formula is C23H26N4O5S. The SMILES string of the molecule is Cn1c(=O)n(CC(=O)N2CCCCCC2)c(=O)c2cc(S(=O)(=O)Nc3ccccc3)ccc21. The molecular weight excluding hydrogens is 444 g/mol. The molecule has 1 aliphatic rings. The fourth-order valence-corrected chi connectivity index (χ4v) is 5.16. The van der Waals surface area contributed by atoms with Gasteiger partial charge in [0.05, 0.1) is 15.8 Å². The third-order valence-electron chi connectivity index (χ3n) is 5.91. The molecule has 9 nitrogen and oxygen atoms in total. The Bertz CT molecular complexity index is 1400. The van der Waals surface area contributed by atoms with E-state index in [1.165, 1.54) is 29.8 Å². The highest BCUT2D eigenvalue weighted by Gasteiger charge is 2.21. The number of anilines is 1. The van der Waals surface area contributed by atoms with E-state index >= 15 is 0 Å². The van der Waals surface area contributed by atoms with E-state index in [1.807, 2.05) is 0 Å². The molecule has 1 N–H and O–H groups in total. The molecule has 10 heteroatoms. The molecule has 0 saturated carbocycles. The Morgan fingerprint density at radius 1 is 0.970 bits per heavy atom. The number of aryl methyl sites for hydroxylation is 1. The summed E-state index contributed by atoms with van der Waals surface area (Å²) in [5.74, 6) is -0.287. The van der Waals surface area contributed by atoms with Crippen molar-refractivity contribution < 1.29 is 13.2 Å². The summed E-state index contributed by atoms with van der Waals surface area (Å²) in [4.78, 5) is 40.4. The van der Waals surface area contributed by atoms with Crippen molar-refractivity contribution in [3.8, 4) is 0 Å². The molecule has 1 aliphatic heterocycles. The van der Waals surface area contributed by atoms with Crippen LogP contribution in [-0.4, -0.2) is 41.4 Å². The Kier molecular flexibility index (Phi) is 6.37. The third kappa shape index (κ3) is 4.70. The highest BCUT2D eigenvalue weighted by Crippen LogP contribution is 2.19. The fourth-order valence-electron chi connectivity index (χ4n) is 4.08. The number of benzene rings is 2. The van der Waals surface area contributed by atoms with Gasteiger partial charge in [0.1, 0.15) is 6.54 Å². The van der Waals surface area contributed by atoms with Crippen molar-refractivity contribution in [2.45, 2.75) is 37.1 Å². The zero-order valence-corrected chi connectivity index (χ0v) is 19.2. The molecule has 1 aromatic heterocycles. The van der Waals surface area contributed by atoms with Crippen LogP contribution < -0.4 is 16.0 Å². The van der Waals surface area contributed by atoms with Gasteiger partial charge < -0.3 is 4.90 Å². The van der Waals surface area contributed by atoms with Gasteiger partial charge >= 0.3 is 5.69 Å². The van der Waals surface area contributed by atoms with Crippen molar-refractivity contribution in [2.24, 2.45) is 7.05 Å². The maximum atomic E-state index is 13.2. The number of fused-ring (bicyclic) bond motifs is 1. The first-order chi connectivity index (χ1) is 15.8. The summed E-state index contributed by atoms with van der Waals surface area (Å²) in [5.41, 5.74) is -0.623. The molecule has 2 aromatic carbocycles. The number of aromatic nitrogens is 2. The summed E-state index contributed by atoms with van der Waals surface area (Å²) in [6, 6.07) is 12.4. The molecule has 0 unspecified atom stereocenters. The highest BCUT2D eigenvalue weighted by atomic mass is 32.2. The summed E-state index contributed by atoms with van der Waals surface area (Å²) in [7, 11) is -2.47. The number of carbonyl (C=O) groups is 1. The van der Waals surface area contributed by atoms with Crippen LogP contribution in [0.4, 0.5) is 5.69 Å². The van der Waals surface area contributed by atoms with Crippen LogP contribution in [0.2, 0.25) is 0 Å². The molecule has 4 rings (SSSR count). The number of carbonyl (C=O) groups excluding carboxylic acids is 1. The van der Waals surface area contributed by atoms with Crippen LogP contribution in [0.3, 0.4) is 0 Å². The predicted octanol–water partition coefficient (Wildman–Crippen LogP) is 1.90. The molecule has 1 fully saturated rings. The Labute approximate surface area is 191 Å². The molecule has 33 heavy (non-hydrogen) atoms. The van der Waals surface area contributed by atoms with E-state index < -0.39 is 21.3 Å². The second kappa shape index (κ2) is 9.22. The number of rotatable bonds is 5. The van der Waals surface area contributed by atoms with Crippen molar-refractivity contribution in [1.29, 1.82) is 0 Å². The van der Waals surface area contributed by atoms with Crippen molar-refractivity contribution in [3.05, 3.63) is 69.4 Å². The summed E-state index contributed by atoms with van der Waals surface area (Å²) in [5, 5.41) is 0.0525. The number of hydrogen-bond donors (Lipinski definition) is 1. The second-order valence-electron chi connectivity index (χ2n) is 8.18.